The molecule has 0 atom stereocenters. The summed E-state index contributed by atoms with van der Waals surface area (Å²) in [6.07, 6.45) is 1.91. The predicted molar refractivity (Wildman–Crippen MR) is 119 cm³/mol. The number of hydrogen-bond donors (Lipinski definition) is 2. The number of carbonyl (C=O) groups is 1. The molecule has 5 rings (SSSR count). The van der Waals surface area contributed by atoms with Gasteiger partial charge in [-0.25, -0.2) is 9.97 Å². The summed E-state index contributed by atoms with van der Waals surface area (Å²) in [5.74, 6) is 0.171. The number of H-pyrrole nitrogens is 1. The Kier molecular flexibility index (Phi) is 4.40. The summed E-state index contributed by atoms with van der Waals surface area (Å²) in [4.78, 5) is 37.5. The molecule has 0 saturated heterocycles. The number of amides is 1. The van der Waals surface area contributed by atoms with Crippen LogP contribution in [0.1, 0.15) is 5.82 Å². The number of para-hydroxylation sites is 2. The summed E-state index contributed by atoms with van der Waals surface area (Å²) in [6.45, 7) is 1.60. The number of nitrogens with one attached hydrogen (secondary N) is 2. The Morgan fingerprint density at radius 3 is 2.73 bits per heavy atom. The van der Waals surface area contributed by atoms with Crippen LogP contribution >= 0.6 is 11.3 Å². The molecule has 5 aromatic rings. The van der Waals surface area contributed by atoms with Crippen LogP contribution in [0.15, 0.2) is 64.9 Å². The molecule has 0 saturated carbocycles. The first-order valence-corrected chi connectivity index (χ1v) is 10.3. The SMILES string of the molecule is Cc1nc2ccccc2c(=O)n1CC(=O)Nc1nc(-c2c[nH]c3ccccc23)cs1. The van der Waals surface area contributed by atoms with Crippen LogP contribution in [-0.2, 0) is 11.3 Å². The number of rotatable bonds is 4. The molecule has 1 amide bonds. The van der Waals surface area contributed by atoms with E-state index in [2.05, 4.69) is 20.3 Å². The van der Waals surface area contributed by atoms with Gasteiger partial charge in [-0.3, -0.25) is 14.2 Å². The highest BCUT2D eigenvalue weighted by molar-refractivity contribution is 7.14. The maximum Gasteiger partial charge on any atom is 0.261 e. The summed E-state index contributed by atoms with van der Waals surface area (Å²) in [5, 5.41) is 6.75. The van der Waals surface area contributed by atoms with Gasteiger partial charge >= 0.3 is 0 Å². The van der Waals surface area contributed by atoms with E-state index < -0.39 is 0 Å². The molecular weight excluding hydrogens is 398 g/mol. The van der Waals surface area contributed by atoms with Gasteiger partial charge in [0.15, 0.2) is 5.13 Å². The van der Waals surface area contributed by atoms with Gasteiger partial charge in [-0.1, -0.05) is 30.3 Å². The molecule has 148 valence electrons. The van der Waals surface area contributed by atoms with Crippen LogP contribution in [0.3, 0.4) is 0 Å². The number of fused-ring (bicyclic) bond motifs is 2. The van der Waals surface area contributed by atoms with Crippen molar-refractivity contribution in [1.29, 1.82) is 0 Å². The zero-order valence-electron chi connectivity index (χ0n) is 16.0. The zero-order valence-corrected chi connectivity index (χ0v) is 16.9. The van der Waals surface area contributed by atoms with Crippen LogP contribution < -0.4 is 10.9 Å². The minimum absolute atomic E-state index is 0.121. The quantitative estimate of drug-likeness (QED) is 0.465. The maximum absolute atomic E-state index is 12.7. The molecule has 2 N–H and O–H groups in total. The second kappa shape index (κ2) is 7.23. The zero-order chi connectivity index (χ0) is 20.7. The average molecular weight is 415 g/mol. The molecular formula is C22H17N5O2S. The molecule has 7 nitrogen and oxygen atoms in total. The summed E-state index contributed by atoms with van der Waals surface area (Å²) >= 11 is 1.35. The Hall–Kier alpha value is -3.78. The third-order valence-corrected chi connectivity index (χ3v) is 5.73. The highest BCUT2D eigenvalue weighted by Crippen LogP contribution is 2.30. The average Bonchev–Trinajstić information content (AvgIpc) is 3.38. The van der Waals surface area contributed by atoms with Gasteiger partial charge in [-0.05, 0) is 25.1 Å². The standard InChI is InChI=1S/C22H17N5O2S/c1-13-24-18-9-5-3-7-15(18)21(29)27(13)11-20(28)26-22-25-19(12-30-22)16-10-23-17-8-4-2-6-14(16)17/h2-10,12,23H,11H2,1H3,(H,25,26,28). The normalized spacial score (nSPS) is 11.2. The fourth-order valence-corrected chi connectivity index (χ4v) is 4.23. The molecule has 0 fully saturated rings. The van der Waals surface area contributed by atoms with Crippen LogP contribution in [0.25, 0.3) is 33.1 Å². The molecule has 0 aliphatic carbocycles. The van der Waals surface area contributed by atoms with Crippen molar-refractivity contribution in [2.75, 3.05) is 5.32 Å². The van der Waals surface area contributed by atoms with Crippen molar-refractivity contribution in [3.05, 3.63) is 76.3 Å². The van der Waals surface area contributed by atoms with E-state index in [4.69, 9.17) is 0 Å². The second-order valence-electron chi connectivity index (χ2n) is 6.90. The minimum Gasteiger partial charge on any atom is -0.360 e. The fourth-order valence-electron chi connectivity index (χ4n) is 3.51. The van der Waals surface area contributed by atoms with E-state index in [1.807, 2.05) is 41.9 Å². The van der Waals surface area contributed by atoms with Gasteiger partial charge in [0.05, 0.1) is 16.6 Å². The molecule has 3 heterocycles. The molecule has 0 aliphatic rings. The van der Waals surface area contributed by atoms with Crippen molar-refractivity contribution in [3.8, 4) is 11.3 Å². The monoisotopic (exact) mass is 415 g/mol. The van der Waals surface area contributed by atoms with Gasteiger partial charge in [-0.2, -0.15) is 0 Å². The molecule has 8 heteroatoms. The molecule has 0 radical (unpaired) electrons. The first kappa shape index (κ1) is 18.3. The molecule has 2 aromatic carbocycles. The molecule has 30 heavy (non-hydrogen) atoms. The van der Waals surface area contributed by atoms with Crippen molar-refractivity contribution in [2.45, 2.75) is 13.5 Å². The van der Waals surface area contributed by atoms with Crippen LogP contribution in [0, 0.1) is 6.92 Å². The smallest absolute Gasteiger partial charge is 0.261 e. The third kappa shape index (κ3) is 3.17. The molecule has 0 unspecified atom stereocenters. The van der Waals surface area contributed by atoms with Crippen LogP contribution in [0.2, 0.25) is 0 Å². The number of benzene rings is 2. The van der Waals surface area contributed by atoms with E-state index in [0.29, 0.717) is 21.9 Å². The van der Waals surface area contributed by atoms with Crippen LogP contribution in [0.4, 0.5) is 5.13 Å². The summed E-state index contributed by atoms with van der Waals surface area (Å²) in [5.41, 5.74) is 3.19. The largest absolute Gasteiger partial charge is 0.360 e. The number of carbonyl (C=O) groups excluding carboxylic acids is 1. The predicted octanol–water partition coefficient (Wildman–Crippen LogP) is 3.95. The van der Waals surface area contributed by atoms with Crippen molar-refractivity contribution in [1.82, 2.24) is 19.5 Å². The third-order valence-electron chi connectivity index (χ3n) is 4.97. The van der Waals surface area contributed by atoms with Crippen molar-refractivity contribution < 1.29 is 4.79 Å². The Balaban J connectivity index is 1.38. The summed E-state index contributed by atoms with van der Waals surface area (Å²) in [7, 11) is 0. The van der Waals surface area contributed by atoms with Crippen molar-refractivity contribution in [3.63, 3.8) is 0 Å². The highest BCUT2D eigenvalue weighted by atomic mass is 32.1. The number of aryl methyl sites for hydroxylation is 1. The number of aromatic nitrogens is 4. The summed E-state index contributed by atoms with van der Waals surface area (Å²) < 4.78 is 1.38. The van der Waals surface area contributed by atoms with Gasteiger partial charge in [0.25, 0.3) is 5.56 Å². The van der Waals surface area contributed by atoms with Crippen LogP contribution in [0.5, 0.6) is 0 Å². The Morgan fingerprint density at radius 2 is 1.87 bits per heavy atom. The number of hydrogen-bond acceptors (Lipinski definition) is 5. The fraction of sp³-hybridized carbons (Fsp3) is 0.0909. The Bertz CT molecular complexity index is 1460. The van der Waals surface area contributed by atoms with E-state index >= 15 is 0 Å². The van der Waals surface area contributed by atoms with E-state index in [0.717, 1.165) is 22.2 Å². The van der Waals surface area contributed by atoms with Crippen molar-refractivity contribution in [2.24, 2.45) is 0 Å². The van der Waals surface area contributed by atoms with Crippen molar-refractivity contribution >= 4 is 44.2 Å². The van der Waals surface area contributed by atoms with E-state index in [1.165, 1.54) is 15.9 Å². The van der Waals surface area contributed by atoms with E-state index in [1.54, 1.807) is 25.1 Å². The number of anilines is 1. The molecule has 0 spiro atoms. The van der Waals surface area contributed by atoms with E-state index in [9.17, 15) is 9.59 Å². The van der Waals surface area contributed by atoms with Gasteiger partial charge in [0.2, 0.25) is 5.91 Å². The number of nitrogens with zero attached hydrogens (tertiary/aromatic N) is 3. The van der Waals surface area contributed by atoms with E-state index in [-0.39, 0.29) is 18.0 Å². The lowest BCUT2D eigenvalue weighted by molar-refractivity contribution is -0.116. The Labute approximate surface area is 175 Å². The topological polar surface area (TPSA) is 92.7 Å². The van der Waals surface area contributed by atoms with Gasteiger partial charge in [0, 0.05) is 28.0 Å². The lowest BCUT2D eigenvalue weighted by Gasteiger charge is -2.10. The summed E-state index contributed by atoms with van der Waals surface area (Å²) in [6, 6.07) is 15.1. The first-order chi connectivity index (χ1) is 14.6. The van der Waals surface area contributed by atoms with Crippen LogP contribution in [-0.4, -0.2) is 25.4 Å². The van der Waals surface area contributed by atoms with Gasteiger partial charge in [-0.15, -0.1) is 11.3 Å². The number of aromatic amines is 1. The second-order valence-corrected chi connectivity index (χ2v) is 7.76. The molecule has 3 aromatic heterocycles. The van der Waals surface area contributed by atoms with Gasteiger partial charge in [0.1, 0.15) is 12.4 Å². The van der Waals surface area contributed by atoms with Gasteiger partial charge < -0.3 is 10.3 Å². The first-order valence-electron chi connectivity index (χ1n) is 9.38. The Morgan fingerprint density at radius 1 is 1.10 bits per heavy atom. The number of thiazole rings is 1. The highest BCUT2D eigenvalue weighted by Gasteiger charge is 2.14. The molecule has 0 bridgehead atoms. The lowest BCUT2D eigenvalue weighted by Crippen LogP contribution is -2.30. The minimum atomic E-state index is -0.322. The lowest BCUT2D eigenvalue weighted by atomic mass is 10.1. The maximum atomic E-state index is 12.7. The molecule has 0 aliphatic heterocycles.